The van der Waals surface area contributed by atoms with E-state index in [-0.39, 0.29) is 16.8 Å². The summed E-state index contributed by atoms with van der Waals surface area (Å²) in [6.45, 7) is 5.52. The Labute approximate surface area is 143 Å². The average molecular weight is 351 g/mol. The summed E-state index contributed by atoms with van der Waals surface area (Å²) in [6.07, 6.45) is 4.48. The molecule has 0 unspecified atom stereocenters. The van der Waals surface area contributed by atoms with Crippen molar-refractivity contribution in [2.24, 2.45) is 5.14 Å². The summed E-state index contributed by atoms with van der Waals surface area (Å²) in [6, 6.07) is 4.01. The molecule has 0 atom stereocenters. The third-order valence-electron chi connectivity index (χ3n) is 5.12. The lowest BCUT2D eigenvalue weighted by Crippen LogP contribution is -2.45. The third-order valence-corrected chi connectivity index (χ3v) is 6.15. The number of rotatable bonds is 4. The number of carbonyl (C=O) groups is 1. The van der Waals surface area contributed by atoms with Crippen molar-refractivity contribution in [1.82, 2.24) is 10.2 Å². The van der Waals surface area contributed by atoms with Gasteiger partial charge in [-0.15, -0.1) is 0 Å². The predicted octanol–water partition coefficient (Wildman–Crippen LogP) is 1.31. The van der Waals surface area contributed by atoms with Gasteiger partial charge in [-0.3, -0.25) is 4.79 Å². The maximum atomic E-state index is 12.5. The number of nitrogens with zero attached hydrogens (tertiary/aromatic N) is 1. The van der Waals surface area contributed by atoms with Crippen LogP contribution in [0.15, 0.2) is 17.0 Å². The molecule has 7 heteroatoms. The van der Waals surface area contributed by atoms with Crippen LogP contribution in [0.1, 0.15) is 47.2 Å². The highest BCUT2D eigenvalue weighted by atomic mass is 32.2. The molecule has 3 rings (SSSR count). The van der Waals surface area contributed by atoms with Gasteiger partial charge in [-0.25, -0.2) is 13.6 Å². The Kier molecular flexibility index (Phi) is 4.68. The molecule has 0 bridgehead atoms. The second kappa shape index (κ2) is 6.46. The number of nitrogens with one attached hydrogen (secondary N) is 1. The standard InChI is InChI=1S/C17H25N3O3S/c1-11-9-13(10-16(12(11)2)24(18,22)23)17(21)19-14-5-7-20(8-6-14)15-3-4-15/h9-10,14-15H,3-8H2,1-2H3,(H,19,21)(H2,18,22,23). The molecule has 1 aliphatic carbocycles. The molecule has 132 valence electrons. The van der Waals surface area contributed by atoms with Gasteiger partial charge < -0.3 is 10.2 Å². The zero-order chi connectivity index (χ0) is 17.5. The number of sulfonamides is 1. The molecule has 1 aliphatic heterocycles. The van der Waals surface area contributed by atoms with Crippen LogP contribution in [0.25, 0.3) is 0 Å². The summed E-state index contributed by atoms with van der Waals surface area (Å²) in [5, 5.41) is 8.30. The van der Waals surface area contributed by atoms with Gasteiger partial charge in [0, 0.05) is 30.7 Å². The Morgan fingerprint density at radius 3 is 2.33 bits per heavy atom. The monoisotopic (exact) mass is 351 g/mol. The Bertz CT molecular complexity index is 749. The van der Waals surface area contributed by atoms with Crippen molar-refractivity contribution in [2.45, 2.75) is 56.5 Å². The van der Waals surface area contributed by atoms with E-state index in [1.54, 1.807) is 19.9 Å². The summed E-state index contributed by atoms with van der Waals surface area (Å²) in [5.74, 6) is -0.229. The fourth-order valence-electron chi connectivity index (χ4n) is 3.37. The number of hydrogen-bond donors (Lipinski definition) is 2. The molecular weight excluding hydrogens is 326 g/mol. The number of benzene rings is 1. The van der Waals surface area contributed by atoms with Crippen LogP contribution in [0.2, 0.25) is 0 Å². The van der Waals surface area contributed by atoms with E-state index < -0.39 is 10.0 Å². The van der Waals surface area contributed by atoms with Gasteiger partial charge in [0.05, 0.1) is 4.90 Å². The first-order valence-corrected chi connectivity index (χ1v) is 9.99. The summed E-state index contributed by atoms with van der Waals surface area (Å²) < 4.78 is 23.4. The highest BCUT2D eigenvalue weighted by molar-refractivity contribution is 7.89. The smallest absolute Gasteiger partial charge is 0.251 e. The Morgan fingerprint density at radius 2 is 1.79 bits per heavy atom. The zero-order valence-electron chi connectivity index (χ0n) is 14.2. The zero-order valence-corrected chi connectivity index (χ0v) is 15.0. The topological polar surface area (TPSA) is 92.5 Å². The van der Waals surface area contributed by atoms with Crippen LogP contribution in [0, 0.1) is 13.8 Å². The van der Waals surface area contributed by atoms with Crippen LogP contribution in [0.3, 0.4) is 0 Å². The minimum absolute atomic E-state index is 0.0243. The van der Waals surface area contributed by atoms with Crippen LogP contribution >= 0.6 is 0 Å². The second-order valence-corrected chi connectivity index (χ2v) is 8.51. The molecule has 2 aliphatic rings. The van der Waals surface area contributed by atoms with E-state index >= 15 is 0 Å². The average Bonchev–Trinajstić information content (AvgIpc) is 3.34. The van der Waals surface area contributed by atoms with Crippen LogP contribution in [0.5, 0.6) is 0 Å². The van der Waals surface area contributed by atoms with E-state index in [1.807, 2.05) is 0 Å². The van der Waals surface area contributed by atoms with Crippen molar-refractivity contribution in [3.63, 3.8) is 0 Å². The molecule has 0 aromatic heterocycles. The number of primary sulfonamides is 1. The number of nitrogens with two attached hydrogens (primary N) is 1. The van der Waals surface area contributed by atoms with Gasteiger partial charge in [0.25, 0.3) is 5.91 Å². The molecular formula is C17H25N3O3S. The van der Waals surface area contributed by atoms with Crippen molar-refractivity contribution in [3.05, 3.63) is 28.8 Å². The molecule has 1 aromatic carbocycles. The quantitative estimate of drug-likeness (QED) is 0.855. The molecule has 1 saturated carbocycles. The number of carbonyl (C=O) groups excluding carboxylic acids is 1. The van der Waals surface area contributed by atoms with Gasteiger partial charge >= 0.3 is 0 Å². The van der Waals surface area contributed by atoms with Crippen LogP contribution in [-0.4, -0.2) is 44.4 Å². The number of aryl methyl sites for hydroxylation is 1. The number of amides is 1. The normalized spacial score (nSPS) is 20.1. The predicted molar refractivity (Wildman–Crippen MR) is 92.4 cm³/mol. The van der Waals surface area contributed by atoms with Crippen molar-refractivity contribution in [3.8, 4) is 0 Å². The highest BCUT2D eigenvalue weighted by Gasteiger charge is 2.32. The molecule has 24 heavy (non-hydrogen) atoms. The van der Waals surface area contributed by atoms with Gasteiger partial charge in [0.2, 0.25) is 10.0 Å². The summed E-state index contributed by atoms with van der Waals surface area (Å²) >= 11 is 0. The molecule has 3 N–H and O–H groups in total. The number of likely N-dealkylation sites (tertiary alicyclic amines) is 1. The Morgan fingerprint density at radius 1 is 1.17 bits per heavy atom. The van der Waals surface area contributed by atoms with Crippen molar-refractivity contribution < 1.29 is 13.2 Å². The Balaban J connectivity index is 1.70. The molecule has 1 aromatic rings. The van der Waals surface area contributed by atoms with E-state index in [2.05, 4.69) is 10.2 Å². The van der Waals surface area contributed by atoms with E-state index in [0.29, 0.717) is 11.1 Å². The van der Waals surface area contributed by atoms with E-state index in [9.17, 15) is 13.2 Å². The largest absolute Gasteiger partial charge is 0.349 e. The lowest BCUT2D eigenvalue weighted by atomic mass is 10.0. The molecule has 1 amide bonds. The van der Waals surface area contributed by atoms with E-state index in [4.69, 9.17) is 5.14 Å². The van der Waals surface area contributed by atoms with E-state index in [0.717, 1.165) is 37.5 Å². The molecule has 6 nitrogen and oxygen atoms in total. The number of hydrogen-bond acceptors (Lipinski definition) is 4. The SMILES string of the molecule is Cc1cc(C(=O)NC2CCN(C3CC3)CC2)cc(S(N)(=O)=O)c1C. The van der Waals surface area contributed by atoms with Gasteiger partial charge in [-0.2, -0.15) is 0 Å². The van der Waals surface area contributed by atoms with Gasteiger partial charge in [-0.05, 0) is 62.8 Å². The molecule has 0 radical (unpaired) electrons. The minimum atomic E-state index is -3.84. The summed E-state index contributed by atoms with van der Waals surface area (Å²) in [4.78, 5) is 15.0. The van der Waals surface area contributed by atoms with Gasteiger partial charge in [-0.1, -0.05) is 0 Å². The highest BCUT2D eigenvalue weighted by Crippen LogP contribution is 2.29. The molecule has 2 fully saturated rings. The molecule has 1 saturated heterocycles. The first kappa shape index (κ1) is 17.4. The lowest BCUT2D eigenvalue weighted by molar-refractivity contribution is 0.0909. The second-order valence-electron chi connectivity index (χ2n) is 6.98. The van der Waals surface area contributed by atoms with Crippen molar-refractivity contribution in [2.75, 3.05) is 13.1 Å². The third kappa shape index (κ3) is 3.79. The van der Waals surface area contributed by atoms with Gasteiger partial charge in [0.1, 0.15) is 0 Å². The molecule has 0 spiro atoms. The maximum Gasteiger partial charge on any atom is 0.251 e. The maximum absolute atomic E-state index is 12.5. The van der Waals surface area contributed by atoms with Gasteiger partial charge in [0.15, 0.2) is 0 Å². The summed E-state index contributed by atoms with van der Waals surface area (Å²) in [5.41, 5.74) is 1.69. The van der Waals surface area contributed by atoms with Crippen LogP contribution in [0.4, 0.5) is 0 Å². The van der Waals surface area contributed by atoms with E-state index in [1.165, 1.54) is 18.9 Å². The van der Waals surface area contributed by atoms with Crippen molar-refractivity contribution in [1.29, 1.82) is 0 Å². The van der Waals surface area contributed by atoms with Crippen molar-refractivity contribution >= 4 is 15.9 Å². The fraction of sp³-hybridized carbons (Fsp3) is 0.588. The number of piperidine rings is 1. The first-order chi connectivity index (χ1) is 11.3. The summed E-state index contributed by atoms with van der Waals surface area (Å²) in [7, 11) is -3.84. The Hall–Kier alpha value is -1.44. The van der Waals surface area contributed by atoms with Crippen LogP contribution in [-0.2, 0) is 10.0 Å². The lowest BCUT2D eigenvalue weighted by Gasteiger charge is -2.32. The minimum Gasteiger partial charge on any atom is -0.349 e. The van der Waals surface area contributed by atoms with Crippen LogP contribution < -0.4 is 10.5 Å². The molecule has 1 heterocycles. The fourth-order valence-corrected chi connectivity index (χ4v) is 4.25. The first-order valence-electron chi connectivity index (χ1n) is 8.44.